The van der Waals surface area contributed by atoms with E-state index >= 15 is 0 Å². The molecule has 1 aliphatic heterocycles. The second kappa shape index (κ2) is 6.99. The summed E-state index contributed by atoms with van der Waals surface area (Å²) in [5.41, 5.74) is 1.14. The van der Waals surface area contributed by atoms with Crippen LogP contribution in [0.4, 0.5) is 13.2 Å². The molecule has 6 heteroatoms. The fourth-order valence-corrected chi connectivity index (χ4v) is 2.73. The second-order valence-electron chi connectivity index (χ2n) is 5.65. The molecule has 1 aromatic rings. The fourth-order valence-electron chi connectivity index (χ4n) is 2.51. The summed E-state index contributed by atoms with van der Waals surface area (Å²) in [5.74, 6) is -1.27. The Morgan fingerprint density at radius 3 is 2.33 bits per heavy atom. The van der Waals surface area contributed by atoms with Gasteiger partial charge in [-0.1, -0.05) is 30.7 Å². The van der Waals surface area contributed by atoms with Gasteiger partial charge in [-0.05, 0) is 17.7 Å². The van der Waals surface area contributed by atoms with Crippen LogP contribution in [0, 0.1) is 5.92 Å². The van der Waals surface area contributed by atoms with Crippen molar-refractivity contribution in [3.8, 4) is 0 Å². The molecule has 0 aromatic heterocycles. The van der Waals surface area contributed by atoms with Gasteiger partial charge in [0.25, 0.3) is 0 Å². The number of halogens is 4. The summed E-state index contributed by atoms with van der Waals surface area (Å²) in [6.07, 6.45) is -4.10. The van der Waals surface area contributed by atoms with Crippen LogP contribution >= 0.6 is 11.6 Å². The van der Waals surface area contributed by atoms with Crippen LogP contribution in [0.3, 0.4) is 0 Å². The Labute approximate surface area is 128 Å². The Hall–Kier alpha value is -0.780. The monoisotopic (exact) mass is 320 g/mol. The maximum Gasteiger partial charge on any atom is 0.392 e. The van der Waals surface area contributed by atoms with Crippen LogP contribution in [0.1, 0.15) is 12.5 Å². The molecule has 21 heavy (non-hydrogen) atoms. The highest BCUT2D eigenvalue weighted by Crippen LogP contribution is 2.26. The van der Waals surface area contributed by atoms with Crippen molar-refractivity contribution in [2.24, 2.45) is 5.92 Å². The lowest BCUT2D eigenvalue weighted by atomic mass is 10.1. The third-order valence-corrected chi connectivity index (χ3v) is 4.09. The summed E-state index contributed by atoms with van der Waals surface area (Å²) in [7, 11) is 0. The van der Waals surface area contributed by atoms with Gasteiger partial charge < -0.3 is 4.90 Å². The first-order valence-corrected chi connectivity index (χ1v) is 7.48. The molecule has 0 N–H and O–H groups in total. The van der Waals surface area contributed by atoms with E-state index in [-0.39, 0.29) is 6.54 Å². The summed E-state index contributed by atoms with van der Waals surface area (Å²) < 4.78 is 37.7. The van der Waals surface area contributed by atoms with Crippen molar-refractivity contribution >= 4 is 11.6 Å². The third kappa shape index (κ3) is 5.16. The molecule has 2 rings (SSSR count). The quantitative estimate of drug-likeness (QED) is 0.835. The van der Waals surface area contributed by atoms with Crippen LogP contribution in [0.5, 0.6) is 0 Å². The van der Waals surface area contributed by atoms with Crippen molar-refractivity contribution in [3.63, 3.8) is 0 Å². The predicted octanol–water partition coefficient (Wildman–Crippen LogP) is 3.66. The van der Waals surface area contributed by atoms with Gasteiger partial charge in [-0.3, -0.25) is 4.90 Å². The summed E-state index contributed by atoms with van der Waals surface area (Å²) in [6, 6.07) is 7.70. The van der Waals surface area contributed by atoms with E-state index in [1.807, 2.05) is 29.2 Å². The fraction of sp³-hybridized carbons (Fsp3) is 0.600. The Morgan fingerprint density at radius 2 is 1.76 bits per heavy atom. The number of rotatable bonds is 4. The van der Waals surface area contributed by atoms with Crippen LogP contribution in [0.2, 0.25) is 5.02 Å². The minimum absolute atomic E-state index is 0.0918. The second-order valence-corrected chi connectivity index (χ2v) is 6.09. The molecule has 2 nitrogen and oxygen atoms in total. The van der Waals surface area contributed by atoms with E-state index in [1.54, 1.807) is 0 Å². The molecule has 1 atom stereocenters. The van der Waals surface area contributed by atoms with Gasteiger partial charge in [0.15, 0.2) is 0 Å². The summed E-state index contributed by atoms with van der Waals surface area (Å²) >= 11 is 5.95. The zero-order valence-corrected chi connectivity index (χ0v) is 12.8. The molecule has 0 amide bonds. The van der Waals surface area contributed by atoms with Crippen molar-refractivity contribution in [2.75, 3.05) is 32.7 Å². The SMILES string of the molecule is CC(CN1CCN(Cc2cccc(Cl)c2)CC1)C(F)(F)F. The van der Waals surface area contributed by atoms with Gasteiger partial charge in [0, 0.05) is 44.3 Å². The molecule has 1 heterocycles. The van der Waals surface area contributed by atoms with E-state index in [2.05, 4.69) is 4.90 Å². The van der Waals surface area contributed by atoms with Crippen molar-refractivity contribution in [2.45, 2.75) is 19.6 Å². The lowest BCUT2D eigenvalue weighted by Crippen LogP contribution is -2.48. The Bertz CT molecular complexity index is 456. The van der Waals surface area contributed by atoms with Crippen molar-refractivity contribution in [1.29, 1.82) is 0 Å². The van der Waals surface area contributed by atoms with Gasteiger partial charge in [-0.2, -0.15) is 13.2 Å². The van der Waals surface area contributed by atoms with Crippen LogP contribution < -0.4 is 0 Å². The van der Waals surface area contributed by atoms with Gasteiger partial charge in [0.1, 0.15) is 0 Å². The predicted molar refractivity (Wildman–Crippen MR) is 78.4 cm³/mol. The van der Waals surface area contributed by atoms with E-state index in [9.17, 15) is 13.2 Å². The van der Waals surface area contributed by atoms with Crippen molar-refractivity contribution in [1.82, 2.24) is 9.80 Å². The van der Waals surface area contributed by atoms with Gasteiger partial charge in [0.2, 0.25) is 0 Å². The Balaban J connectivity index is 1.78. The van der Waals surface area contributed by atoms with Gasteiger partial charge >= 0.3 is 6.18 Å². The molecule has 1 unspecified atom stereocenters. The standard InChI is InChI=1S/C15H20ClF3N2/c1-12(15(17,18)19)10-20-5-7-21(8-6-20)11-13-3-2-4-14(16)9-13/h2-4,9,12H,5-8,10-11H2,1H3. The van der Waals surface area contributed by atoms with Gasteiger partial charge in [-0.25, -0.2) is 0 Å². The number of piperazine rings is 1. The average molecular weight is 321 g/mol. The molecule has 1 saturated heterocycles. The lowest BCUT2D eigenvalue weighted by Gasteiger charge is -2.36. The van der Waals surface area contributed by atoms with E-state index < -0.39 is 12.1 Å². The van der Waals surface area contributed by atoms with Crippen LogP contribution in [0.15, 0.2) is 24.3 Å². The number of hydrogen-bond acceptors (Lipinski definition) is 2. The molecular formula is C15H20ClF3N2. The average Bonchev–Trinajstić information content (AvgIpc) is 2.40. The molecule has 1 aromatic carbocycles. The summed E-state index contributed by atoms with van der Waals surface area (Å²) in [4.78, 5) is 4.15. The normalized spacial score (nSPS) is 19.7. The van der Waals surface area contributed by atoms with Crippen LogP contribution in [0.25, 0.3) is 0 Å². The number of nitrogens with zero attached hydrogens (tertiary/aromatic N) is 2. The lowest BCUT2D eigenvalue weighted by molar-refractivity contribution is -0.174. The minimum atomic E-state index is -4.10. The largest absolute Gasteiger partial charge is 0.392 e. The van der Waals surface area contributed by atoms with Crippen LogP contribution in [-0.4, -0.2) is 48.7 Å². The molecular weight excluding hydrogens is 301 g/mol. The maximum atomic E-state index is 12.6. The molecule has 0 radical (unpaired) electrons. The zero-order chi connectivity index (χ0) is 15.5. The maximum absolute atomic E-state index is 12.6. The third-order valence-electron chi connectivity index (χ3n) is 3.85. The zero-order valence-electron chi connectivity index (χ0n) is 12.0. The Kier molecular flexibility index (Phi) is 5.52. The highest BCUT2D eigenvalue weighted by atomic mass is 35.5. The van der Waals surface area contributed by atoms with Crippen molar-refractivity contribution < 1.29 is 13.2 Å². The van der Waals surface area contributed by atoms with Crippen LogP contribution in [-0.2, 0) is 6.54 Å². The smallest absolute Gasteiger partial charge is 0.300 e. The molecule has 0 spiro atoms. The first kappa shape index (κ1) is 16.6. The Morgan fingerprint density at radius 1 is 1.14 bits per heavy atom. The number of alkyl halides is 3. The van der Waals surface area contributed by atoms with E-state index in [1.165, 1.54) is 6.92 Å². The topological polar surface area (TPSA) is 6.48 Å². The van der Waals surface area contributed by atoms with E-state index in [0.29, 0.717) is 18.1 Å². The molecule has 0 bridgehead atoms. The first-order chi connectivity index (χ1) is 9.84. The summed E-state index contributed by atoms with van der Waals surface area (Å²) in [5, 5.41) is 0.713. The first-order valence-electron chi connectivity index (χ1n) is 7.10. The van der Waals surface area contributed by atoms with E-state index in [4.69, 9.17) is 11.6 Å². The van der Waals surface area contributed by atoms with E-state index in [0.717, 1.165) is 25.2 Å². The molecule has 1 fully saturated rings. The van der Waals surface area contributed by atoms with Crippen molar-refractivity contribution in [3.05, 3.63) is 34.9 Å². The minimum Gasteiger partial charge on any atom is -0.300 e. The number of hydrogen-bond donors (Lipinski definition) is 0. The highest BCUT2D eigenvalue weighted by molar-refractivity contribution is 6.30. The number of benzene rings is 1. The highest BCUT2D eigenvalue weighted by Gasteiger charge is 2.37. The molecule has 1 aliphatic rings. The molecule has 118 valence electrons. The molecule has 0 saturated carbocycles. The van der Waals surface area contributed by atoms with Gasteiger partial charge in [-0.15, -0.1) is 0 Å². The summed E-state index contributed by atoms with van der Waals surface area (Å²) in [6.45, 7) is 5.08. The van der Waals surface area contributed by atoms with Gasteiger partial charge in [0.05, 0.1) is 5.92 Å². The molecule has 0 aliphatic carbocycles.